The Morgan fingerprint density at radius 2 is 1.65 bits per heavy atom. The van der Waals surface area contributed by atoms with Crippen molar-refractivity contribution in [3.05, 3.63) is 65.2 Å². The van der Waals surface area contributed by atoms with Crippen LogP contribution in [0.4, 0.5) is 4.79 Å². The number of carbonyl (C=O) groups is 2. The van der Waals surface area contributed by atoms with Crippen molar-refractivity contribution in [1.82, 2.24) is 20.3 Å². The summed E-state index contributed by atoms with van der Waals surface area (Å²) >= 11 is 0. The molecule has 0 aliphatic carbocycles. The highest BCUT2D eigenvalue weighted by Crippen LogP contribution is 2.16. The van der Waals surface area contributed by atoms with Gasteiger partial charge in [-0.25, -0.2) is 17.9 Å². The quantitative estimate of drug-likeness (QED) is 0.485. The molecule has 0 saturated carbocycles. The molecule has 168 valence electrons. The second kappa shape index (κ2) is 11.5. The molecule has 8 nitrogen and oxygen atoms in total. The zero-order valence-corrected chi connectivity index (χ0v) is 19.0. The van der Waals surface area contributed by atoms with Crippen LogP contribution < -0.4 is 15.4 Å². The first-order valence-corrected chi connectivity index (χ1v) is 11.5. The number of rotatable bonds is 10. The van der Waals surface area contributed by atoms with Crippen molar-refractivity contribution < 1.29 is 18.0 Å². The number of urea groups is 1. The molecule has 0 radical (unpaired) electrons. The Hall–Kier alpha value is -2.91. The summed E-state index contributed by atoms with van der Waals surface area (Å²) in [6.07, 6.45) is 0.106. The van der Waals surface area contributed by atoms with Gasteiger partial charge in [0.1, 0.15) is 0 Å². The predicted octanol–water partition coefficient (Wildman–Crippen LogP) is 1.93. The molecular formula is C22H30N4O4S. The van der Waals surface area contributed by atoms with E-state index < -0.39 is 10.0 Å². The molecule has 2 aromatic rings. The molecule has 0 atom stereocenters. The smallest absolute Gasteiger partial charge is 0.317 e. The summed E-state index contributed by atoms with van der Waals surface area (Å²) in [6.45, 7) is 4.47. The molecule has 0 spiro atoms. The first kappa shape index (κ1) is 24.4. The van der Waals surface area contributed by atoms with Crippen LogP contribution in [0.2, 0.25) is 0 Å². The lowest BCUT2D eigenvalue weighted by Gasteiger charge is -2.18. The van der Waals surface area contributed by atoms with Crippen molar-refractivity contribution in [2.75, 3.05) is 26.7 Å². The topological polar surface area (TPSA) is 108 Å². The van der Waals surface area contributed by atoms with Gasteiger partial charge < -0.3 is 15.5 Å². The predicted molar refractivity (Wildman–Crippen MR) is 120 cm³/mol. The lowest BCUT2D eigenvalue weighted by molar-refractivity contribution is -0.120. The van der Waals surface area contributed by atoms with Gasteiger partial charge in [-0.1, -0.05) is 42.5 Å². The molecule has 2 rings (SSSR count). The van der Waals surface area contributed by atoms with Crippen LogP contribution in [0.15, 0.2) is 53.4 Å². The molecule has 0 unspecified atom stereocenters. The maximum atomic E-state index is 12.4. The monoisotopic (exact) mass is 446 g/mol. The van der Waals surface area contributed by atoms with Gasteiger partial charge in [0.2, 0.25) is 15.9 Å². The molecular weight excluding hydrogens is 416 g/mol. The van der Waals surface area contributed by atoms with Crippen molar-refractivity contribution in [1.29, 1.82) is 0 Å². The zero-order valence-electron chi connectivity index (χ0n) is 18.1. The second-order valence-electron chi connectivity index (χ2n) is 7.34. The van der Waals surface area contributed by atoms with E-state index >= 15 is 0 Å². The van der Waals surface area contributed by atoms with Crippen LogP contribution >= 0.6 is 0 Å². The van der Waals surface area contributed by atoms with Crippen LogP contribution in [0.3, 0.4) is 0 Å². The van der Waals surface area contributed by atoms with Crippen molar-refractivity contribution in [2.45, 2.75) is 31.7 Å². The minimum Gasteiger partial charge on any atom is -0.355 e. The maximum Gasteiger partial charge on any atom is 0.317 e. The van der Waals surface area contributed by atoms with Crippen molar-refractivity contribution in [3.8, 4) is 0 Å². The maximum absolute atomic E-state index is 12.4. The zero-order chi connectivity index (χ0) is 22.9. The van der Waals surface area contributed by atoms with Gasteiger partial charge in [0.25, 0.3) is 0 Å². The Labute approximate surface area is 184 Å². The minimum atomic E-state index is -3.64. The summed E-state index contributed by atoms with van der Waals surface area (Å²) in [7, 11) is -1.95. The fourth-order valence-electron chi connectivity index (χ4n) is 2.90. The molecule has 3 N–H and O–H groups in total. The van der Waals surface area contributed by atoms with Gasteiger partial charge in [-0.3, -0.25) is 4.79 Å². The number of aryl methyl sites for hydroxylation is 2. The molecule has 0 aliphatic rings. The van der Waals surface area contributed by atoms with E-state index in [0.717, 1.165) is 11.1 Å². The van der Waals surface area contributed by atoms with Gasteiger partial charge in [-0.2, -0.15) is 0 Å². The molecule has 0 saturated heterocycles. The number of benzene rings is 2. The average Bonchev–Trinajstić information content (AvgIpc) is 2.73. The third-order valence-electron chi connectivity index (χ3n) is 4.61. The summed E-state index contributed by atoms with van der Waals surface area (Å²) < 4.78 is 27.3. The number of sulfonamides is 1. The molecule has 0 fully saturated rings. The number of hydrogen-bond donors (Lipinski definition) is 3. The number of nitrogens with one attached hydrogen (secondary N) is 3. The van der Waals surface area contributed by atoms with E-state index in [1.807, 2.05) is 43.3 Å². The Bertz CT molecular complexity index is 994. The van der Waals surface area contributed by atoms with E-state index in [1.165, 1.54) is 4.90 Å². The largest absolute Gasteiger partial charge is 0.355 e. The lowest BCUT2D eigenvalue weighted by Crippen LogP contribution is -2.39. The standard InChI is InChI=1S/C22H30N4O4S/c1-17-9-10-18(2)20(15-17)31(29,30)25-14-13-23-21(27)11-12-24-22(28)26(3)16-19-7-5-4-6-8-19/h4-10,15,25H,11-14,16H2,1-3H3,(H,23,27)(H,24,28). The molecule has 0 heterocycles. The van der Waals surface area contributed by atoms with E-state index in [-0.39, 0.29) is 42.9 Å². The van der Waals surface area contributed by atoms with E-state index in [2.05, 4.69) is 15.4 Å². The normalized spacial score (nSPS) is 11.1. The van der Waals surface area contributed by atoms with Crippen LogP contribution in [0.1, 0.15) is 23.1 Å². The molecule has 9 heteroatoms. The molecule has 0 aromatic heterocycles. The molecule has 2 aromatic carbocycles. The fourth-order valence-corrected chi connectivity index (χ4v) is 4.26. The molecule has 0 bridgehead atoms. The molecule has 3 amide bonds. The average molecular weight is 447 g/mol. The Balaban J connectivity index is 1.66. The Morgan fingerprint density at radius 3 is 2.35 bits per heavy atom. The summed E-state index contributed by atoms with van der Waals surface area (Å²) in [5.74, 6) is -0.267. The highest BCUT2D eigenvalue weighted by molar-refractivity contribution is 7.89. The summed E-state index contributed by atoms with van der Waals surface area (Å²) in [4.78, 5) is 25.8. The van der Waals surface area contributed by atoms with E-state index in [4.69, 9.17) is 0 Å². The van der Waals surface area contributed by atoms with Gasteiger partial charge in [-0.05, 0) is 36.6 Å². The van der Waals surface area contributed by atoms with E-state index in [9.17, 15) is 18.0 Å². The van der Waals surface area contributed by atoms with Crippen LogP contribution in [0.5, 0.6) is 0 Å². The number of amides is 3. The first-order valence-electron chi connectivity index (χ1n) is 10.1. The third kappa shape index (κ3) is 8.03. The summed E-state index contributed by atoms with van der Waals surface area (Å²) in [5, 5.41) is 5.34. The fraction of sp³-hybridized carbons (Fsp3) is 0.364. The number of nitrogens with zero attached hydrogens (tertiary/aromatic N) is 1. The van der Waals surface area contributed by atoms with Crippen LogP contribution in [0, 0.1) is 13.8 Å². The number of carbonyl (C=O) groups excluding carboxylic acids is 2. The van der Waals surface area contributed by atoms with Gasteiger partial charge in [0.05, 0.1) is 4.90 Å². The highest BCUT2D eigenvalue weighted by atomic mass is 32.2. The molecule has 31 heavy (non-hydrogen) atoms. The highest BCUT2D eigenvalue weighted by Gasteiger charge is 2.16. The van der Waals surface area contributed by atoms with Crippen LogP contribution in [-0.4, -0.2) is 51.9 Å². The van der Waals surface area contributed by atoms with Gasteiger partial charge in [0.15, 0.2) is 0 Å². The van der Waals surface area contributed by atoms with E-state index in [0.29, 0.717) is 12.1 Å². The van der Waals surface area contributed by atoms with Crippen molar-refractivity contribution in [2.24, 2.45) is 0 Å². The van der Waals surface area contributed by atoms with Crippen molar-refractivity contribution in [3.63, 3.8) is 0 Å². The minimum absolute atomic E-state index is 0.0770. The van der Waals surface area contributed by atoms with Crippen molar-refractivity contribution >= 4 is 22.0 Å². The SMILES string of the molecule is Cc1ccc(C)c(S(=O)(=O)NCCNC(=O)CCNC(=O)N(C)Cc2ccccc2)c1. The van der Waals surface area contributed by atoms with Gasteiger partial charge in [0, 0.05) is 39.6 Å². The van der Waals surface area contributed by atoms with E-state index in [1.54, 1.807) is 26.1 Å². The summed E-state index contributed by atoms with van der Waals surface area (Å²) in [6, 6.07) is 14.6. The lowest BCUT2D eigenvalue weighted by atomic mass is 10.2. The Morgan fingerprint density at radius 1 is 0.935 bits per heavy atom. The second-order valence-corrected chi connectivity index (χ2v) is 9.08. The third-order valence-corrected chi connectivity index (χ3v) is 6.21. The molecule has 0 aliphatic heterocycles. The van der Waals surface area contributed by atoms with Gasteiger partial charge >= 0.3 is 6.03 Å². The van der Waals surface area contributed by atoms with Gasteiger partial charge in [-0.15, -0.1) is 0 Å². The van der Waals surface area contributed by atoms with Crippen LogP contribution in [-0.2, 0) is 21.4 Å². The van der Waals surface area contributed by atoms with Crippen LogP contribution in [0.25, 0.3) is 0 Å². The first-order chi connectivity index (χ1) is 14.7. The summed E-state index contributed by atoms with van der Waals surface area (Å²) in [5.41, 5.74) is 2.53. The Kier molecular flexibility index (Phi) is 9.02. The number of hydrogen-bond acceptors (Lipinski definition) is 4.